The fourth-order valence-corrected chi connectivity index (χ4v) is 2.07. The van der Waals surface area contributed by atoms with E-state index in [1.807, 2.05) is 0 Å². The molecule has 110 valence electrons. The van der Waals surface area contributed by atoms with E-state index in [0.717, 1.165) is 5.56 Å². The third-order valence-corrected chi connectivity index (χ3v) is 3.22. The summed E-state index contributed by atoms with van der Waals surface area (Å²) in [7, 11) is 0. The van der Waals surface area contributed by atoms with Crippen LogP contribution in [0.3, 0.4) is 0 Å². The van der Waals surface area contributed by atoms with Crippen LogP contribution >= 0.6 is 0 Å². The fourth-order valence-electron chi connectivity index (χ4n) is 2.07. The lowest BCUT2D eigenvalue weighted by molar-refractivity contribution is -0.120. The number of primary amides is 1. The highest BCUT2D eigenvalue weighted by atomic mass is 19.1. The molecule has 0 saturated carbocycles. The molecule has 3 nitrogen and oxygen atoms in total. The van der Waals surface area contributed by atoms with Crippen molar-refractivity contribution < 1.29 is 13.6 Å². The van der Waals surface area contributed by atoms with Gasteiger partial charge in [0.2, 0.25) is 5.91 Å². The maximum Gasteiger partial charge on any atom is 0.239 e. The minimum atomic E-state index is -0.726. The molecule has 0 unspecified atom stereocenters. The zero-order chi connectivity index (χ0) is 15.4. The largest absolute Gasteiger partial charge is 0.368 e. The average Bonchev–Trinajstić information content (AvgIpc) is 2.44. The highest BCUT2D eigenvalue weighted by Gasteiger charge is 2.17. The Morgan fingerprint density at radius 1 is 1.19 bits per heavy atom. The molecule has 0 aliphatic heterocycles. The van der Waals surface area contributed by atoms with Gasteiger partial charge in [-0.15, -0.1) is 0 Å². The van der Waals surface area contributed by atoms with Gasteiger partial charge in [-0.2, -0.15) is 0 Å². The van der Waals surface area contributed by atoms with Crippen molar-refractivity contribution in [1.29, 1.82) is 0 Å². The number of rotatable bonds is 5. The number of nitrogens with two attached hydrogens (primary N) is 1. The number of halogens is 2. The van der Waals surface area contributed by atoms with E-state index in [2.05, 4.69) is 5.32 Å². The lowest BCUT2D eigenvalue weighted by Crippen LogP contribution is -2.33. The number of hydrogen-bond acceptors (Lipinski definition) is 2. The Labute approximate surface area is 121 Å². The van der Waals surface area contributed by atoms with Crippen LogP contribution in [0.2, 0.25) is 0 Å². The Balaban J connectivity index is 2.11. The summed E-state index contributed by atoms with van der Waals surface area (Å²) in [4.78, 5) is 11.5. The van der Waals surface area contributed by atoms with E-state index in [-0.39, 0.29) is 11.6 Å². The van der Waals surface area contributed by atoms with Crippen LogP contribution in [0.25, 0.3) is 0 Å². The van der Waals surface area contributed by atoms with E-state index < -0.39 is 11.9 Å². The molecule has 0 heterocycles. The van der Waals surface area contributed by atoms with Gasteiger partial charge in [-0.1, -0.05) is 24.3 Å². The summed E-state index contributed by atoms with van der Waals surface area (Å²) in [6.45, 7) is 2.02. The van der Waals surface area contributed by atoms with E-state index in [9.17, 15) is 13.6 Å². The number of nitrogens with one attached hydrogen (secondary N) is 1. The number of hydrogen-bond donors (Lipinski definition) is 2. The van der Waals surface area contributed by atoms with Gasteiger partial charge in [-0.25, -0.2) is 8.78 Å². The van der Waals surface area contributed by atoms with Crippen molar-refractivity contribution in [3.63, 3.8) is 0 Å². The lowest BCUT2D eigenvalue weighted by Gasteiger charge is -2.16. The molecule has 0 aromatic heterocycles. The molecule has 2 aromatic carbocycles. The topological polar surface area (TPSA) is 55.1 Å². The van der Waals surface area contributed by atoms with Gasteiger partial charge < -0.3 is 5.73 Å². The van der Waals surface area contributed by atoms with Crippen LogP contribution < -0.4 is 11.1 Å². The maximum absolute atomic E-state index is 13.2. The van der Waals surface area contributed by atoms with Crippen LogP contribution in [0.4, 0.5) is 8.78 Å². The van der Waals surface area contributed by atoms with Crippen LogP contribution in [-0.4, -0.2) is 5.91 Å². The summed E-state index contributed by atoms with van der Waals surface area (Å²) in [6, 6.07) is 9.55. The molecule has 0 aliphatic rings. The van der Waals surface area contributed by atoms with Crippen LogP contribution in [-0.2, 0) is 11.3 Å². The molecule has 0 aliphatic carbocycles. The Kier molecular flexibility index (Phi) is 4.65. The summed E-state index contributed by atoms with van der Waals surface area (Å²) < 4.78 is 26.1. The Hall–Kier alpha value is -2.27. The van der Waals surface area contributed by atoms with Crippen molar-refractivity contribution >= 4 is 5.91 Å². The number of carbonyl (C=O) groups excluding carboxylic acids is 1. The highest BCUT2D eigenvalue weighted by Crippen LogP contribution is 2.15. The molecule has 0 saturated heterocycles. The zero-order valence-electron chi connectivity index (χ0n) is 11.6. The van der Waals surface area contributed by atoms with Gasteiger partial charge in [0.1, 0.15) is 17.7 Å². The average molecular weight is 290 g/mol. The molecule has 3 N–H and O–H groups in total. The SMILES string of the molecule is Cc1cc(CN[C@@H](C(N)=O)c2ccc(F)cc2)ccc1F. The van der Waals surface area contributed by atoms with Gasteiger partial charge in [0.05, 0.1) is 0 Å². The number of amides is 1. The highest BCUT2D eigenvalue weighted by molar-refractivity contribution is 5.81. The number of carbonyl (C=O) groups is 1. The summed E-state index contributed by atoms with van der Waals surface area (Å²) >= 11 is 0. The van der Waals surface area contributed by atoms with Gasteiger partial charge in [-0.05, 0) is 41.8 Å². The maximum atomic E-state index is 13.2. The van der Waals surface area contributed by atoms with Crippen molar-refractivity contribution in [3.05, 3.63) is 70.8 Å². The Morgan fingerprint density at radius 2 is 1.86 bits per heavy atom. The Bertz CT molecular complexity index is 641. The smallest absolute Gasteiger partial charge is 0.239 e. The minimum Gasteiger partial charge on any atom is -0.368 e. The van der Waals surface area contributed by atoms with Crippen molar-refractivity contribution in [2.75, 3.05) is 0 Å². The standard InChI is InChI=1S/C16H16F2N2O/c1-10-8-11(2-7-14(10)18)9-20-15(16(19)21)12-3-5-13(17)6-4-12/h2-8,15,20H,9H2,1H3,(H2,19,21)/t15-/m1/s1. The van der Waals surface area contributed by atoms with Crippen LogP contribution in [0, 0.1) is 18.6 Å². The summed E-state index contributed by atoms with van der Waals surface area (Å²) in [6.07, 6.45) is 0. The van der Waals surface area contributed by atoms with E-state index in [1.54, 1.807) is 19.1 Å². The summed E-state index contributed by atoms with van der Waals surface area (Å²) in [5.74, 6) is -1.21. The molecule has 21 heavy (non-hydrogen) atoms. The van der Waals surface area contributed by atoms with Crippen LogP contribution in [0.15, 0.2) is 42.5 Å². The molecular formula is C16H16F2N2O. The van der Waals surface area contributed by atoms with Crippen LogP contribution in [0.5, 0.6) is 0 Å². The zero-order valence-corrected chi connectivity index (χ0v) is 11.6. The molecule has 0 fully saturated rings. The molecule has 2 rings (SSSR count). The van der Waals surface area contributed by atoms with E-state index >= 15 is 0 Å². The van der Waals surface area contributed by atoms with Gasteiger partial charge in [0.15, 0.2) is 0 Å². The molecule has 1 amide bonds. The Morgan fingerprint density at radius 3 is 2.43 bits per heavy atom. The first kappa shape index (κ1) is 15.1. The molecule has 2 aromatic rings. The van der Waals surface area contributed by atoms with Crippen molar-refractivity contribution in [3.8, 4) is 0 Å². The third-order valence-electron chi connectivity index (χ3n) is 3.22. The van der Waals surface area contributed by atoms with Crippen molar-refractivity contribution in [2.45, 2.75) is 19.5 Å². The predicted molar refractivity (Wildman–Crippen MR) is 76.3 cm³/mol. The van der Waals surface area contributed by atoms with E-state index in [0.29, 0.717) is 17.7 Å². The van der Waals surface area contributed by atoms with Crippen molar-refractivity contribution in [1.82, 2.24) is 5.32 Å². The fraction of sp³-hybridized carbons (Fsp3) is 0.188. The second-order valence-electron chi connectivity index (χ2n) is 4.85. The predicted octanol–water partition coefficient (Wildman–Crippen LogP) is 2.59. The van der Waals surface area contributed by atoms with Gasteiger partial charge in [-0.3, -0.25) is 10.1 Å². The molecular weight excluding hydrogens is 274 g/mol. The number of aryl methyl sites for hydroxylation is 1. The molecule has 0 radical (unpaired) electrons. The van der Waals surface area contributed by atoms with Crippen molar-refractivity contribution in [2.24, 2.45) is 5.73 Å². The van der Waals surface area contributed by atoms with E-state index in [1.165, 1.54) is 30.3 Å². The molecule has 1 atom stereocenters. The molecule has 0 bridgehead atoms. The van der Waals surface area contributed by atoms with Gasteiger partial charge in [0.25, 0.3) is 0 Å². The van der Waals surface area contributed by atoms with Gasteiger partial charge >= 0.3 is 0 Å². The quantitative estimate of drug-likeness (QED) is 0.889. The molecule has 0 spiro atoms. The normalized spacial score (nSPS) is 12.1. The number of benzene rings is 2. The summed E-state index contributed by atoms with van der Waals surface area (Å²) in [5.41, 5.74) is 7.33. The van der Waals surface area contributed by atoms with Gasteiger partial charge in [0, 0.05) is 6.54 Å². The molecule has 5 heteroatoms. The summed E-state index contributed by atoms with van der Waals surface area (Å²) in [5, 5.41) is 3.00. The van der Waals surface area contributed by atoms with Crippen LogP contribution in [0.1, 0.15) is 22.7 Å². The monoisotopic (exact) mass is 290 g/mol. The second kappa shape index (κ2) is 6.45. The first-order chi connectivity index (χ1) is 9.97. The first-order valence-corrected chi connectivity index (χ1v) is 6.50. The minimum absolute atomic E-state index is 0.274. The first-order valence-electron chi connectivity index (χ1n) is 6.50. The lowest BCUT2D eigenvalue weighted by atomic mass is 10.1. The van der Waals surface area contributed by atoms with E-state index in [4.69, 9.17) is 5.73 Å². The second-order valence-corrected chi connectivity index (χ2v) is 4.85. The third kappa shape index (κ3) is 3.86.